The molecule has 4 rings (SSSR count). The molecule has 142 valence electrons. The normalized spacial score (nSPS) is 17.7. The maximum absolute atomic E-state index is 12.8. The van der Waals surface area contributed by atoms with E-state index < -0.39 is 0 Å². The van der Waals surface area contributed by atoms with Gasteiger partial charge >= 0.3 is 0 Å². The quantitative estimate of drug-likeness (QED) is 0.847. The van der Waals surface area contributed by atoms with Gasteiger partial charge in [0, 0.05) is 30.9 Å². The van der Waals surface area contributed by atoms with Crippen LogP contribution in [0.15, 0.2) is 42.6 Å². The first-order valence-electron chi connectivity index (χ1n) is 9.75. The third-order valence-corrected chi connectivity index (χ3v) is 5.23. The summed E-state index contributed by atoms with van der Waals surface area (Å²) >= 11 is 0. The van der Waals surface area contributed by atoms with Gasteiger partial charge < -0.3 is 20.3 Å². The van der Waals surface area contributed by atoms with Crippen LogP contribution in [0.25, 0.3) is 0 Å². The Kier molecular flexibility index (Phi) is 5.53. The summed E-state index contributed by atoms with van der Waals surface area (Å²) in [5.74, 6) is 0.656. The summed E-state index contributed by atoms with van der Waals surface area (Å²) in [5, 5.41) is 6.52. The van der Waals surface area contributed by atoms with Crippen LogP contribution in [0.2, 0.25) is 0 Å². The largest absolute Gasteiger partial charge is 0.378 e. The summed E-state index contributed by atoms with van der Waals surface area (Å²) in [4.78, 5) is 19.4. The van der Waals surface area contributed by atoms with Crippen LogP contribution in [0, 0.1) is 0 Å². The van der Waals surface area contributed by atoms with Crippen molar-refractivity contribution in [1.82, 2.24) is 4.98 Å². The van der Waals surface area contributed by atoms with Crippen molar-refractivity contribution in [3.05, 3.63) is 48.2 Å². The Hall–Kier alpha value is -2.60. The highest BCUT2D eigenvalue weighted by molar-refractivity contribution is 6.06. The van der Waals surface area contributed by atoms with Gasteiger partial charge in [-0.05, 0) is 37.1 Å². The number of nitrogens with zero attached hydrogens (tertiary/aromatic N) is 2. The molecule has 0 bridgehead atoms. The molecule has 0 atom stereocenters. The van der Waals surface area contributed by atoms with Crippen LogP contribution in [-0.4, -0.2) is 43.2 Å². The zero-order valence-electron chi connectivity index (χ0n) is 15.5. The minimum Gasteiger partial charge on any atom is -0.378 e. The molecule has 0 radical (unpaired) electrons. The fourth-order valence-corrected chi connectivity index (χ4v) is 3.78. The van der Waals surface area contributed by atoms with Crippen LogP contribution in [-0.2, 0) is 4.74 Å². The number of hydrogen-bond acceptors (Lipinski definition) is 5. The third-order valence-electron chi connectivity index (χ3n) is 5.23. The van der Waals surface area contributed by atoms with Gasteiger partial charge in [0.2, 0.25) is 0 Å². The van der Waals surface area contributed by atoms with Crippen molar-refractivity contribution in [3.8, 4) is 0 Å². The van der Waals surface area contributed by atoms with Gasteiger partial charge in [-0.3, -0.25) is 4.79 Å². The van der Waals surface area contributed by atoms with E-state index in [0.29, 0.717) is 24.8 Å². The predicted octanol–water partition coefficient (Wildman–Crippen LogP) is 3.53. The van der Waals surface area contributed by atoms with Gasteiger partial charge in [-0.2, -0.15) is 0 Å². The Labute approximate surface area is 159 Å². The number of para-hydroxylation sites is 2. The molecule has 1 aromatic carbocycles. The molecule has 2 aromatic rings. The maximum atomic E-state index is 12.8. The summed E-state index contributed by atoms with van der Waals surface area (Å²) < 4.78 is 5.44. The molecule has 2 fully saturated rings. The maximum Gasteiger partial charge on any atom is 0.255 e. The molecular formula is C21H26N4O2. The highest BCUT2D eigenvalue weighted by Gasteiger charge is 2.18. The Bertz CT molecular complexity index is 783. The number of ether oxygens (including phenoxy) is 1. The highest BCUT2D eigenvalue weighted by atomic mass is 16.5. The molecule has 6 heteroatoms. The topological polar surface area (TPSA) is 66.5 Å². The second kappa shape index (κ2) is 8.39. The lowest BCUT2D eigenvalue weighted by Crippen LogP contribution is -2.36. The van der Waals surface area contributed by atoms with Crippen LogP contribution in [0.5, 0.6) is 0 Å². The molecule has 1 amide bonds. The molecule has 6 nitrogen and oxygen atoms in total. The molecule has 2 N–H and O–H groups in total. The lowest BCUT2D eigenvalue weighted by molar-refractivity contribution is 0.102. The number of carbonyl (C=O) groups excluding carboxylic acids is 1. The summed E-state index contributed by atoms with van der Waals surface area (Å²) in [7, 11) is 0. The molecule has 0 spiro atoms. The first kappa shape index (κ1) is 17.8. The number of anilines is 3. The van der Waals surface area contributed by atoms with Crippen LogP contribution in [0.4, 0.5) is 17.2 Å². The molecule has 0 unspecified atom stereocenters. The van der Waals surface area contributed by atoms with E-state index in [4.69, 9.17) is 4.74 Å². The second-order valence-corrected chi connectivity index (χ2v) is 7.13. The number of pyridine rings is 1. The van der Waals surface area contributed by atoms with Crippen LogP contribution < -0.4 is 15.5 Å². The SMILES string of the molecule is O=C(Nc1ccccc1N1CCOCC1)c1ccnc(NC2CCCC2)c1. The van der Waals surface area contributed by atoms with Crippen LogP contribution >= 0.6 is 0 Å². The summed E-state index contributed by atoms with van der Waals surface area (Å²) in [5.41, 5.74) is 2.47. The van der Waals surface area contributed by atoms with Gasteiger partial charge in [0.05, 0.1) is 24.6 Å². The smallest absolute Gasteiger partial charge is 0.255 e. The molecule has 1 saturated heterocycles. The van der Waals surface area contributed by atoms with E-state index in [2.05, 4.69) is 20.5 Å². The van der Waals surface area contributed by atoms with E-state index in [1.165, 1.54) is 25.7 Å². The molecule has 1 aliphatic carbocycles. The van der Waals surface area contributed by atoms with Crippen LogP contribution in [0.3, 0.4) is 0 Å². The second-order valence-electron chi connectivity index (χ2n) is 7.13. The van der Waals surface area contributed by atoms with Gasteiger partial charge in [-0.15, -0.1) is 0 Å². The van der Waals surface area contributed by atoms with E-state index in [9.17, 15) is 4.79 Å². The molecule has 1 aliphatic heterocycles. The van der Waals surface area contributed by atoms with E-state index in [1.807, 2.05) is 30.3 Å². The number of rotatable bonds is 5. The summed E-state index contributed by atoms with van der Waals surface area (Å²) in [6, 6.07) is 12.0. The van der Waals surface area contributed by atoms with Crippen molar-refractivity contribution in [1.29, 1.82) is 0 Å². The van der Waals surface area contributed by atoms with Gasteiger partial charge in [-0.25, -0.2) is 4.98 Å². The van der Waals surface area contributed by atoms with Crippen molar-refractivity contribution in [2.45, 2.75) is 31.7 Å². The molecule has 2 heterocycles. The van der Waals surface area contributed by atoms with Crippen molar-refractivity contribution in [2.24, 2.45) is 0 Å². The molecular weight excluding hydrogens is 340 g/mol. The van der Waals surface area contributed by atoms with Crippen molar-refractivity contribution >= 4 is 23.1 Å². The predicted molar refractivity (Wildman–Crippen MR) is 108 cm³/mol. The van der Waals surface area contributed by atoms with E-state index in [1.54, 1.807) is 12.3 Å². The highest BCUT2D eigenvalue weighted by Crippen LogP contribution is 2.27. The van der Waals surface area contributed by atoms with Gasteiger partial charge in [0.15, 0.2) is 0 Å². The fraction of sp³-hybridized carbons (Fsp3) is 0.429. The lowest BCUT2D eigenvalue weighted by Gasteiger charge is -2.30. The summed E-state index contributed by atoms with van der Waals surface area (Å²) in [6.45, 7) is 3.08. The molecule has 2 aliphatic rings. The summed E-state index contributed by atoms with van der Waals surface area (Å²) in [6.07, 6.45) is 6.56. The van der Waals surface area contributed by atoms with Crippen molar-refractivity contribution in [2.75, 3.05) is 41.8 Å². The minimum atomic E-state index is -0.118. The average Bonchev–Trinajstić information content (AvgIpc) is 3.22. The van der Waals surface area contributed by atoms with E-state index >= 15 is 0 Å². The number of aromatic nitrogens is 1. The Morgan fingerprint density at radius 1 is 1.11 bits per heavy atom. The number of morpholine rings is 1. The van der Waals surface area contributed by atoms with E-state index in [-0.39, 0.29) is 5.91 Å². The first-order valence-corrected chi connectivity index (χ1v) is 9.75. The Morgan fingerprint density at radius 2 is 1.89 bits per heavy atom. The fourth-order valence-electron chi connectivity index (χ4n) is 3.78. The number of nitrogens with one attached hydrogen (secondary N) is 2. The van der Waals surface area contributed by atoms with Gasteiger partial charge in [-0.1, -0.05) is 25.0 Å². The number of hydrogen-bond donors (Lipinski definition) is 2. The van der Waals surface area contributed by atoms with Crippen molar-refractivity contribution < 1.29 is 9.53 Å². The van der Waals surface area contributed by atoms with Crippen LogP contribution in [0.1, 0.15) is 36.0 Å². The Morgan fingerprint density at radius 3 is 2.70 bits per heavy atom. The average molecular weight is 366 g/mol. The lowest BCUT2D eigenvalue weighted by atomic mass is 10.2. The first-order chi connectivity index (χ1) is 13.3. The molecule has 1 saturated carbocycles. The zero-order valence-corrected chi connectivity index (χ0v) is 15.5. The molecule has 27 heavy (non-hydrogen) atoms. The van der Waals surface area contributed by atoms with Crippen molar-refractivity contribution in [3.63, 3.8) is 0 Å². The minimum absolute atomic E-state index is 0.118. The monoisotopic (exact) mass is 366 g/mol. The third kappa shape index (κ3) is 4.39. The number of carbonyl (C=O) groups is 1. The zero-order chi connectivity index (χ0) is 18.5. The number of amides is 1. The van der Waals surface area contributed by atoms with Gasteiger partial charge in [0.25, 0.3) is 5.91 Å². The Balaban J connectivity index is 1.47. The standard InChI is InChI=1S/C21H26N4O2/c26-21(16-9-10-22-20(15-16)23-17-5-1-2-6-17)24-18-7-3-4-8-19(18)25-11-13-27-14-12-25/h3-4,7-10,15,17H,1-2,5-6,11-14H2,(H,22,23)(H,24,26). The van der Waals surface area contributed by atoms with E-state index in [0.717, 1.165) is 30.3 Å². The molecule has 1 aromatic heterocycles. The number of benzene rings is 1. The van der Waals surface area contributed by atoms with Gasteiger partial charge in [0.1, 0.15) is 5.82 Å².